The molecule has 3 aromatic rings. The Balaban J connectivity index is 1.95. The van der Waals surface area contributed by atoms with Gasteiger partial charge in [-0.15, -0.1) is 0 Å². The minimum atomic E-state index is 0.427. The van der Waals surface area contributed by atoms with Crippen LogP contribution in [0.1, 0.15) is 17.0 Å². The van der Waals surface area contributed by atoms with Crippen molar-refractivity contribution in [2.24, 2.45) is 5.73 Å². The maximum Gasteiger partial charge on any atom is 0.120 e. The highest BCUT2D eigenvalue weighted by molar-refractivity contribution is 5.78. The van der Waals surface area contributed by atoms with Gasteiger partial charge in [0.1, 0.15) is 5.76 Å². The van der Waals surface area contributed by atoms with Crippen molar-refractivity contribution in [2.45, 2.75) is 13.0 Å². The number of rotatable bonds is 3. The molecule has 3 heteroatoms. The lowest BCUT2D eigenvalue weighted by Gasteiger charge is -2.03. The number of fused-ring (bicyclic) bond motifs is 1. The van der Waals surface area contributed by atoms with E-state index in [1.807, 2.05) is 24.3 Å². The Hall–Kier alpha value is -2.13. The summed E-state index contributed by atoms with van der Waals surface area (Å²) >= 11 is 0. The van der Waals surface area contributed by atoms with E-state index in [0.29, 0.717) is 6.54 Å². The third kappa shape index (κ3) is 2.00. The van der Waals surface area contributed by atoms with Crippen molar-refractivity contribution >= 4 is 10.9 Å². The fraction of sp³-hybridized carbons (Fsp3) is 0.133. The van der Waals surface area contributed by atoms with Crippen LogP contribution in [0.4, 0.5) is 0 Å². The molecule has 1 aromatic carbocycles. The minimum Gasteiger partial charge on any atom is -0.468 e. The fourth-order valence-electron chi connectivity index (χ4n) is 2.11. The molecule has 3 rings (SSSR count). The normalized spacial score (nSPS) is 10.9. The third-order valence-corrected chi connectivity index (χ3v) is 3.05. The molecule has 0 fully saturated rings. The van der Waals surface area contributed by atoms with Crippen molar-refractivity contribution in [3.63, 3.8) is 0 Å². The Morgan fingerprint density at radius 1 is 1.06 bits per heavy atom. The van der Waals surface area contributed by atoms with Crippen molar-refractivity contribution in [1.82, 2.24) is 4.98 Å². The molecule has 0 aliphatic rings. The van der Waals surface area contributed by atoms with E-state index in [9.17, 15) is 0 Å². The van der Waals surface area contributed by atoms with Gasteiger partial charge in [-0.2, -0.15) is 0 Å². The predicted molar refractivity (Wildman–Crippen MR) is 71.1 cm³/mol. The second kappa shape index (κ2) is 4.63. The molecule has 0 saturated carbocycles. The third-order valence-electron chi connectivity index (χ3n) is 3.05. The molecule has 0 spiro atoms. The van der Waals surface area contributed by atoms with Crippen LogP contribution in [0.3, 0.4) is 0 Å². The lowest BCUT2D eigenvalue weighted by Crippen LogP contribution is -2.00. The van der Waals surface area contributed by atoms with Crippen LogP contribution in [-0.4, -0.2) is 4.98 Å². The molecule has 0 aliphatic heterocycles. The smallest absolute Gasteiger partial charge is 0.120 e. The number of nitrogens with two attached hydrogens (primary N) is 1. The van der Waals surface area contributed by atoms with Gasteiger partial charge >= 0.3 is 0 Å². The molecule has 0 aliphatic carbocycles. The van der Waals surface area contributed by atoms with E-state index < -0.39 is 0 Å². The maximum absolute atomic E-state index is 5.63. The van der Waals surface area contributed by atoms with Crippen LogP contribution < -0.4 is 5.73 Å². The molecule has 0 saturated heterocycles. The molecule has 0 unspecified atom stereocenters. The average Bonchev–Trinajstić information content (AvgIpc) is 2.86. The second-order valence-corrected chi connectivity index (χ2v) is 4.25. The van der Waals surface area contributed by atoms with Gasteiger partial charge in [0.15, 0.2) is 0 Å². The van der Waals surface area contributed by atoms with Gasteiger partial charge in [-0.05, 0) is 18.2 Å². The van der Waals surface area contributed by atoms with Crippen LogP contribution in [0.15, 0.2) is 53.1 Å². The highest BCUT2D eigenvalue weighted by Crippen LogP contribution is 2.17. The molecule has 2 aromatic heterocycles. The zero-order chi connectivity index (χ0) is 12.4. The Morgan fingerprint density at radius 2 is 1.94 bits per heavy atom. The Bertz CT molecular complexity index is 673. The Kier molecular flexibility index (Phi) is 2.82. The molecule has 18 heavy (non-hydrogen) atoms. The molecule has 0 radical (unpaired) electrons. The van der Waals surface area contributed by atoms with Gasteiger partial charge in [-0.25, -0.2) is 0 Å². The van der Waals surface area contributed by atoms with Gasteiger partial charge in [0.25, 0.3) is 0 Å². The van der Waals surface area contributed by atoms with Gasteiger partial charge in [-0.3, -0.25) is 4.98 Å². The highest BCUT2D eigenvalue weighted by atomic mass is 16.3. The summed E-state index contributed by atoms with van der Waals surface area (Å²) in [6, 6.07) is 14.2. The maximum atomic E-state index is 5.63. The lowest BCUT2D eigenvalue weighted by molar-refractivity contribution is 0.508. The number of para-hydroxylation sites is 1. The van der Waals surface area contributed by atoms with Crippen LogP contribution in [0, 0.1) is 0 Å². The van der Waals surface area contributed by atoms with Crippen molar-refractivity contribution in [3.05, 3.63) is 65.7 Å². The molecule has 2 heterocycles. The molecule has 3 nitrogen and oxygen atoms in total. The van der Waals surface area contributed by atoms with Crippen molar-refractivity contribution in [2.75, 3.05) is 0 Å². The van der Waals surface area contributed by atoms with Crippen LogP contribution in [0.5, 0.6) is 0 Å². The van der Waals surface area contributed by atoms with Gasteiger partial charge < -0.3 is 10.2 Å². The zero-order valence-electron chi connectivity index (χ0n) is 9.97. The molecule has 0 bridgehead atoms. The van der Waals surface area contributed by atoms with Crippen LogP contribution >= 0.6 is 0 Å². The standard InChI is InChI=1S/C15H14N2O/c16-10-15-12(7-8-18-15)9-13-6-5-11-3-1-2-4-14(11)17-13/h1-8H,9-10,16H2. The molecule has 0 amide bonds. The second-order valence-electron chi connectivity index (χ2n) is 4.25. The van der Waals surface area contributed by atoms with E-state index in [1.54, 1.807) is 6.26 Å². The summed E-state index contributed by atoms with van der Waals surface area (Å²) in [6.45, 7) is 0.427. The molecular weight excluding hydrogens is 224 g/mol. The summed E-state index contributed by atoms with van der Waals surface area (Å²) in [5.41, 5.74) is 8.79. The lowest BCUT2D eigenvalue weighted by atomic mass is 10.1. The molecule has 2 N–H and O–H groups in total. The number of pyridine rings is 1. The quantitative estimate of drug-likeness (QED) is 0.763. The monoisotopic (exact) mass is 238 g/mol. The first kappa shape index (κ1) is 11.0. The van der Waals surface area contributed by atoms with E-state index >= 15 is 0 Å². The van der Waals surface area contributed by atoms with Crippen LogP contribution in [-0.2, 0) is 13.0 Å². The van der Waals surface area contributed by atoms with E-state index in [2.05, 4.69) is 23.2 Å². The first-order valence-corrected chi connectivity index (χ1v) is 5.97. The molecular formula is C15H14N2O. The summed E-state index contributed by atoms with van der Waals surface area (Å²) in [5.74, 6) is 0.838. The van der Waals surface area contributed by atoms with Crippen LogP contribution in [0.2, 0.25) is 0 Å². The summed E-state index contributed by atoms with van der Waals surface area (Å²) in [5, 5.41) is 1.16. The predicted octanol–water partition coefficient (Wildman–Crippen LogP) is 2.88. The van der Waals surface area contributed by atoms with Crippen molar-refractivity contribution in [1.29, 1.82) is 0 Å². The number of benzene rings is 1. The average molecular weight is 238 g/mol. The number of hydrogen-bond donors (Lipinski definition) is 1. The van der Waals surface area contributed by atoms with Gasteiger partial charge in [0.2, 0.25) is 0 Å². The SMILES string of the molecule is NCc1occc1Cc1ccc2ccccc2n1. The van der Waals surface area contributed by atoms with E-state index in [1.165, 1.54) is 0 Å². The van der Waals surface area contributed by atoms with E-state index in [0.717, 1.165) is 34.3 Å². The topological polar surface area (TPSA) is 52.0 Å². The number of nitrogens with zero attached hydrogens (tertiary/aromatic N) is 1. The number of hydrogen-bond acceptors (Lipinski definition) is 3. The molecule has 90 valence electrons. The van der Waals surface area contributed by atoms with E-state index in [4.69, 9.17) is 10.2 Å². The summed E-state index contributed by atoms with van der Waals surface area (Å²) in [4.78, 5) is 4.64. The summed E-state index contributed by atoms with van der Waals surface area (Å²) < 4.78 is 5.32. The fourth-order valence-corrected chi connectivity index (χ4v) is 2.11. The summed E-state index contributed by atoms with van der Waals surface area (Å²) in [7, 11) is 0. The van der Waals surface area contributed by atoms with E-state index in [-0.39, 0.29) is 0 Å². The number of furan rings is 1. The largest absolute Gasteiger partial charge is 0.468 e. The first-order valence-electron chi connectivity index (χ1n) is 5.97. The van der Waals surface area contributed by atoms with Gasteiger partial charge in [0, 0.05) is 23.1 Å². The van der Waals surface area contributed by atoms with Crippen molar-refractivity contribution < 1.29 is 4.42 Å². The zero-order valence-corrected chi connectivity index (χ0v) is 9.97. The Labute approximate surface area is 105 Å². The van der Waals surface area contributed by atoms with Gasteiger partial charge in [0.05, 0.1) is 18.3 Å². The first-order chi connectivity index (χ1) is 8.86. The van der Waals surface area contributed by atoms with Crippen molar-refractivity contribution in [3.8, 4) is 0 Å². The number of aromatic nitrogens is 1. The summed E-state index contributed by atoms with van der Waals surface area (Å²) in [6.07, 6.45) is 2.44. The highest BCUT2D eigenvalue weighted by Gasteiger charge is 2.06. The van der Waals surface area contributed by atoms with Gasteiger partial charge in [-0.1, -0.05) is 24.3 Å². The Morgan fingerprint density at radius 3 is 2.83 bits per heavy atom. The minimum absolute atomic E-state index is 0.427. The van der Waals surface area contributed by atoms with Crippen LogP contribution in [0.25, 0.3) is 10.9 Å². The molecule has 0 atom stereocenters.